The third-order valence-corrected chi connectivity index (χ3v) is 3.51. The van der Waals surface area contributed by atoms with Crippen LogP contribution >= 0.6 is 23.2 Å². The Balaban J connectivity index is 2.12. The van der Waals surface area contributed by atoms with Crippen molar-refractivity contribution in [1.29, 1.82) is 0 Å². The van der Waals surface area contributed by atoms with Gasteiger partial charge < -0.3 is 4.98 Å². The van der Waals surface area contributed by atoms with E-state index >= 15 is 0 Å². The molecule has 104 valence electrons. The second-order valence-corrected chi connectivity index (χ2v) is 5.32. The Morgan fingerprint density at radius 3 is 2.67 bits per heavy atom. The van der Waals surface area contributed by atoms with Gasteiger partial charge in [0.2, 0.25) is 0 Å². The molecule has 0 amide bonds. The predicted molar refractivity (Wildman–Crippen MR) is 87.5 cm³/mol. The summed E-state index contributed by atoms with van der Waals surface area (Å²) < 4.78 is 0. The Bertz CT molecular complexity index is 886. The SMILES string of the molecule is O=c1[nH]c(/C(Cl)=C/c2ccccc2)nc2cc(Cl)ccc12. The molecule has 0 aliphatic rings. The number of benzene rings is 2. The highest BCUT2D eigenvalue weighted by Gasteiger charge is 2.07. The van der Waals surface area contributed by atoms with E-state index in [0.29, 0.717) is 26.8 Å². The van der Waals surface area contributed by atoms with Crippen molar-refractivity contribution in [3.05, 3.63) is 75.3 Å². The highest BCUT2D eigenvalue weighted by Crippen LogP contribution is 2.21. The summed E-state index contributed by atoms with van der Waals surface area (Å²) in [5, 5.41) is 1.36. The zero-order valence-corrected chi connectivity index (χ0v) is 12.3. The molecule has 1 aromatic heterocycles. The molecule has 0 atom stereocenters. The van der Waals surface area contributed by atoms with Crippen molar-refractivity contribution in [1.82, 2.24) is 9.97 Å². The van der Waals surface area contributed by atoms with Gasteiger partial charge in [-0.3, -0.25) is 4.79 Å². The first-order chi connectivity index (χ1) is 10.1. The smallest absolute Gasteiger partial charge is 0.259 e. The number of rotatable bonds is 2. The topological polar surface area (TPSA) is 45.8 Å². The van der Waals surface area contributed by atoms with Gasteiger partial charge in [-0.05, 0) is 29.8 Å². The summed E-state index contributed by atoms with van der Waals surface area (Å²) in [7, 11) is 0. The molecule has 0 spiro atoms. The van der Waals surface area contributed by atoms with Crippen LogP contribution in [0.2, 0.25) is 5.02 Å². The van der Waals surface area contributed by atoms with Gasteiger partial charge in [-0.25, -0.2) is 4.98 Å². The van der Waals surface area contributed by atoms with Gasteiger partial charge in [0.15, 0.2) is 5.82 Å². The summed E-state index contributed by atoms with van der Waals surface area (Å²) in [6, 6.07) is 14.5. The van der Waals surface area contributed by atoms with Crippen molar-refractivity contribution in [2.75, 3.05) is 0 Å². The molecule has 0 saturated carbocycles. The van der Waals surface area contributed by atoms with Gasteiger partial charge >= 0.3 is 0 Å². The summed E-state index contributed by atoms with van der Waals surface area (Å²) in [6.45, 7) is 0. The van der Waals surface area contributed by atoms with E-state index in [2.05, 4.69) is 9.97 Å². The molecule has 21 heavy (non-hydrogen) atoms. The van der Waals surface area contributed by atoms with Crippen LogP contribution in [0.25, 0.3) is 22.0 Å². The lowest BCUT2D eigenvalue weighted by Gasteiger charge is -2.02. The number of H-pyrrole nitrogens is 1. The Morgan fingerprint density at radius 1 is 1.14 bits per heavy atom. The average Bonchev–Trinajstić information content (AvgIpc) is 2.47. The highest BCUT2D eigenvalue weighted by molar-refractivity contribution is 6.50. The average molecular weight is 317 g/mol. The van der Waals surface area contributed by atoms with E-state index in [9.17, 15) is 4.79 Å². The van der Waals surface area contributed by atoms with Crippen LogP contribution in [0.4, 0.5) is 0 Å². The van der Waals surface area contributed by atoms with Crippen molar-refractivity contribution < 1.29 is 0 Å². The van der Waals surface area contributed by atoms with E-state index in [-0.39, 0.29) is 5.56 Å². The first-order valence-electron chi connectivity index (χ1n) is 6.26. The lowest BCUT2D eigenvalue weighted by molar-refractivity contribution is 1.14. The van der Waals surface area contributed by atoms with Gasteiger partial charge in [-0.15, -0.1) is 0 Å². The van der Waals surface area contributed by atoms with E-state index in [0.717, 1.165) is 5.56 Å². The molecule has 5 heteroatoms. The van der Waals surface area contributed by atoms with Gasteiger partial charge in [0.1, 0.15) is 0 Å². The van der Waals surface area contributed by atoms with Gasteiger partial charge in [-0.2, -0.15) is 0 Å². The first-order valence-corrected chi connectivity index (χ1v) is 7.01. The summed E-state index contributed by atoms with van der Waals surface area (Å²) >= 11 is 12.2. The number of nitrogens with one attached hydrogen (secondary N) is 1. The molecule has 1 heterocycles. The summed E-state index contributed by atoms with van der Waals surface area (Å²) in [5.74, 6) is 0.320. The van der Waals surface area contributed by atoms with Crippen LogP contribution in [0, 0.1) is 0 Å². The molecule has 0 fully saturated rings. The van der Waals surface area contributed by atoms with Crippen molar-refractivity contribution in [3.63, 3.8) is 0 Å². The Labute approximate surface area is 130 Å². The molecular formula is C16H10Cl2N2O. The van der Waals surface area contributed by atoms with Crippen LogP contribution in [0.1, 0.15) is 11.4 Å². The van der Waals surface area contributed by atoms with Crippen LogP contribution in [0.3, 0.4) is 0 Å². The minimum atomic E-state index is -0.244. The largest absolute Gasteiger partial charge is 0.305 e. The number of hydrogen-bond donors (Lipinski definition) is 1. The van der Waals surface area contributed by atoms with E-state index in [1.54, 1.807) is 24.3 Å². The molecule has 0 saturated heterocycles. The zero-order chi connectivity index (χ0) is 14.8. The van der Waals surface area contributed by atoms with E-state index in [1.165, 1.54) is 0 Å². The lowest BCUT2D eigenvalue weighted by Crippen LogP contribution is -2.10. The van der Waals surface area contributed by atoms with Crippen molar-refractivity contribution in [2.24, 2.45) is 0 Å². The summed E-state index contributed by atoms with van der Waals surface area (Å²) in [4.78, 5) is 19.1. The number of halogens is 2. The standard InChI is InChI=1S/C16H10Cl2N2O/c17-11-6-7-12-14(9-11)19-15(20-16(12)21)13(18)8-10-4-2-1-3-5-10/h1-9H,(H,19,20,21)/b13-8-. The number of aromatic nitrogens is 2. The molecule has 3 rings (SSSR count). The van der Waals surface area contributed by atoms with Crippen LogP contribution in [0.15, 0.2) is 53.3 Å². The molecule has 2 aromatic carbocycles. The maximum absolute atomic E-state index is 12.0. The fraction of sp³-hybridized carbons (Fsp3) is 0. The third kappa shape index (κ3) is 2.99. The van der Waals surface area contributed by atoms with E-state index in [1.807, 2.05) is 30.3 Å². The van der Waals surface area contributed by atoms with Crippen LogP contribution in [-0.2, 0) is 0 Å². The minimum Gasteiger partial charge on any atom is -0.305 e. The maximum atomic E-state index is 12.0. The third-order valence-electron chi connectivity index (χ3n) is 2.99. The quantitative estimate of drug-likeness (QED) is 0.765. The molecule has 0 unspecified atom stereocenters. The number of nitrogens with zero attached hydrogens (tertiary/aromatic N) is 1. The molecule has 0 radical (unpaired) electrons. The monoisotopic (exact) mass is 316 g/mol. The van der Waals surface area contributed by atoms with Gasteiger partial charge in [0, 0.05) is 5.02 Å². The highest BCUT2D eigenvalue weighted by atomic mass is 35.5. The number of fused-ring (bicyclic) bond motifs is 1. The normalized spacial score (nSPS) is 11.8. The summed E-state index contributed by atoms with van der Waals surface area (Å²) in [5.41, 5.74) is 1.20. The molecule has 3 aromatic rings. The fourth-order valence-corrected chi connectivity index (χ4v) is 2.37. The van der Waals surface area contributed by atoms with Crippen LogP contribution in [0.5, 0.6) is 0 Å². The van der Waals surface area contributed by atoms with Gasteiger partial charge in [-0.1, -0.05) is 53.5 Å². The molecule has 0 bridgehead atoms. The molecule has 0 aliphatic carbocycles. The number of aromatic amines is 1. The summed E-state index contributed by atoms with van der Waals surface area (Å²) in [6.07, 6.45) is 1.75. The second kappa shape index (κ2) is 5.72. The second-order valence-electron chi connectivity index (χ2n) is 4.48. The Kier molecular flexibility index (Phi) is 3.78. The van der Waals surface area contributed by atoms with E-state index in [4.69, 9.17) is 23.2 Å². The predicted octanol–water partition coefficient (Wildman–Crippen LogP) is 4.31. The Morgan fingerprint density at radius 2 is 1.90 bits per heavy atom. The van der Waals surface area contributed by atoms with Gasteiger partial charge in [0.25, 0.3) is 5.56 Å². The van der Waals surface area contributed by atoms with Crippen LogP contribution < -0.4 is 5.56 Å². The number of hydrogen-bond acceptors (Lipinski definition) is 2. The van der Waals surface area contributed by atoms with Crippen molar-refractivity contribution in [3.8, 4) is 0 Å². The maximum Gasteiger partial charge on any atom is 0.259 e. The lowest BCUT2D eigenvalue weighted by atomic mass is 10.2. The molecule has 0 aliphatic heterocycles. The first kappa shape index (κ1) is 13.9. The molecule has 1 N–H and O–H groups in total. The molecule has 3 nitrogen and oxygen atoms in total. The fourth-order valence-electron chi connectivity index (χ4n) is 1.99. The Hall–Kier alpha value is -2.10. The van der Waals surface area contributed by atoms with E-state index < -0.39 is 0 Å². The minimum absolute atomic E-state index is 0.244. The zero-order valence-electron chi connectivity index (χ0n) is 10.8. The van der Waals surface area contributed by atoms with Crippen molar-refractivity contribution >= 4 is 45.2 Å². The van der Waals surface area contributed by atoms with Gasteiger partial charge in [0.05, 0.1) is 15.9 Å². The van der Waals surface area contributed by atoms with Crippen molar-refractivity contribution in [2.45, 2.75) is 0 Å². The molecular weight excluding hydrogens is 307 g/mol. The van der Waals surface area contributed by atoms with Crippen LogP contribution in [-0.4, -0.2) is 9.97 Å².